The van der Waals surface area contributed by atoms with Crippen molar-refractivity contribution in [2.75, 3.05) is 0 Å². The van der Waals surface area contributed by atoms with Gasteiger partial charge in [-0.25, -0.2) is 0 Å². The number of fused-ring (bicyclic) bond motifs is 1. The minimum absolute atomic E-state index is 0.00946. The Kier molecular flexibility index (Phi) is 5.92. The number of rotatable bonds is 6. The van der Waals surface area contributed by atoms with Crippen molar-refractivity contribution >= 4 is 28.5 Å². The molecule has 0 radical (unpaired) electrons. The van der Waals surface area contributed by atoms with Gasteiger partial charge >= 0.3 is 0 Å². The summed E-state index contributed by atoms with van der Waals surface area (Å²) in [6.45, 7) is 7.40. The van der Waals surface area contributed by atoms with Crippen LogP contribution in [0.1, 0.15) is 43.2 Å². The Hall–Kier alpha value is -2.98. The van der Waals surface area contributed by atoms with Crippen molar-refractivity contribution < 1.29 is 13.6 Å². The van der Waals surface area contributed by atoms with E-state index >= 15 is 0 Å². The van der Waals surface area contributed by atoms with E-state index in [1.807, 2.05) is 42.5 Å². The van der Waals surface area contributed by atoms with Crippen molar-refractivity contribution in [2.45, 2.75) is 45.7 Å². The van der Waals surface area contributed by atoms with E-state index in [1.165, 1.54) is 5.56 Å². The van der Waals surface area contributed by atoms with Crippen LogP contribution in [0.5, 0.6) is 0 Å². The summed E-state index contributed by atoms with van der Waals surface area (Å²) in [5, 5.41) is 1.66. The normalized spacial score (nSPS) is 11.7. The van der Waals surface area contributed by atoms with Crippen LogP contribution in [0.4, 0.5) is 0 Å². The Labute approximate surface area is 187 Å². The highest BCUT2D eigenvalue weighted by Crippen LogP contribution is 2.29. The molecule has 0 unspecified atom stereocenters. The third-order valence-corrected chi connectivity index (χ3v) is 5.68. The molecule has 0 saturated carbocycles. The van der Waals surface area contributed by atoms with Crippen LogP contribution in [0.3, 0.4) is 0 Å². The summed E-state index contributed by atoms with van der Waals surface area (Å²) in [5.41, 5.74) is 3.94. The molecular formula is C26H26ClNO3. The molecule has 0 spiro atoms. The van der Waals surface area contributed by atoms with Gasteiger partial charge < -0.3 is 13.7 Å². The predicted octanol–water partition coefficient (Wildman–Crippen LogP) is 6.75. The summed E-state index contributed by atoms with van der Waals surface area (Å²) >= 11 is 6.01. The molecule has 5 heteroatoms. The molecule has 160 valence electrons. The molecular weight excluding hydrogens is 410 g/mol. The Balaban J connectivity index is 1.60. The Morgan fingerprint density at radius 1 is 1.00 bits per heavy atom. The van der Waals surface area contributed by atoms with Gasteiger partial charge in [0.1, 0.15) is 11.3 Å². The second-order valence-corrected chi connectivity index (χ2v) is 9.29. The van der Waals surface area contributed by atoms with E-state index in [9.17, 15) is 4.79 Å². The highest BCUT2D eigenvalue weighted by Gasteiger charge is 2.20. The maximum atomic E-state index is 13.4. The standard InChI is InChI=1S/C26H26ClNO3/c1-26(2,3)20-8-11-24-23(14-20)19(17-31-24)13-25(29)28(16-22-5-4-12-30-22)15-18-6-9-21(27)10-7-18/h4-12,14,17H,13,15-16H2,1-3H3. The number of furan rings is 2. The third-order valence-electron chi connectivity index (χ3n) is 5.43. The van der Waals surface area contributed by atoms with E-state index in [0.717, 1.165) is 27.9 Å². The van der Waals surface area contributed by atoms with Crippen molar-refractivity contribution in [3.8, 4) is 0 Å². The SMILES string of the molecule is CC(C)(C)c1ccc2occ(CC(=O)N(Cc3ccc(Cl)cc3)Cc3ccco3)c2c1. The monoisotopic (exact) mass is 435 g/mol. The Morgan fingerprint density at radius 3 is 2.45 bits per heavy atom. The lowest BCUT2D eigenvalue weighted by atomic mass is 9.86. The summed E-state index contributed by atoms with van der Waals surface area (Å²) in [6.07, 6.45) is 3.58. The van der Waals surface area contributed by atoms with Crippen LogP contribution in [-0.2, 0) is 29.7 Å². The second kappa shape index (κ2) is 8.64. The van der Waals surface area contributed by atoms with E-state index in [-0.39, 0.29) is 17.7 Å². The van der Waals surface area contributed by atoms with Crippen molar-refractivity contribution in [2.24, 2.45) is 0 Å². The molecule has 31 heavy (non-hydrogen) atoms. The molecule has 0 aliphatic carbocycles. The molecule has 0 saturated heterocycles. The molecule has 2 aromatic carbocycles. The second-order valence-electron chi connectivity index (χ2n) is 8.85. The molecule has 0 atom stereocenters. The maximum absolute atomic E-state index is 13.4. The first-order valence-electron chi connectivity index (χ1n) is 10.3. The smallest absolute Gasteiger partial charge is 0.227 e. The molecule has 2 heterocycles. The minimum atomic E-state index is 0.00946. The van der Waals surface area contributed by atoms with Crippen LogP contribution in [-0.4, -0.2) is 10.8 Å². The maximum Gasteiger partial charge on any atom is 0.227 e. The Bertz CT molecular complexity index is 1170. The molecule has 0 fully saturated rings. The van der Waals surface area contributed by atoms with Crippen LogP contribution < -0.4 is 0 Å². The van der Waals surface area contributed by atoms with E-state index in [2.05, 4.69) is 32.9 Å². The first-order valence-corrected chi connectivity index (χ1v) is 10.7. The number of carbonyl (C=O) groups is 1. The number of halogens is 1. The van der Waals surface area contributed by atoms with Gasteiger partial charge in [-0.3, -0.25) is 4.79 Å². The first-order chi connectivity index (χ1) is 14.8. The van der Waals surface area contributed by atoms with Gasteiger partial charge in [-0.2, -0.15) is 0 Å². The fourth-order valence-electron chi connectivity index (χ4n) is 3.59. The van der Waals surface area contributed by atoms with Gasteiger partial charge in [0.2, 0.25) is 5.91 Å². The van der Waals surface area contributed by atoms with Gasteiger partial charge in [-0.05, 0) is 52.9 Å². The molecule has 0 N–H and O–H groups in total. The van der Waals surface area contributed by atoms with E-state index in [1.54, 1.807) is 17.4 Å². The van der Waals surface area contributed by atoms with Crippen LogP contribution in [0.15, 0.2) is 76.0 Å². The van der Waals surface area contributed by atoms with Gasteiger partial charge in [-0.15, -0.1) is 0 Å². The van der Waals surface area contributed by atoms with Crippen molar-refractivity contribution in [3.05, 3.63) is 94.6 Å². The fourth-order valence-corrected chi connectivity index (χ4v) is 3.72. The lowest BCUT2D eigenvalue weighted by molar-refractivity contribution is -0.132. The van der Waals surface area contributed by atoms with Crippen LogP contribution in [0.25, 0.3) is 11.0 Å². The van der Waals surface area contributed by atoms with Gasteiger partial charge in [-0.1, -0.05) is 50.6 Å². The highest BCUT2D eigenvalue weighted by atomic mass is 35.5. The Morgan fingerprint density at radius 2 is 1.77 bits per heavy atom. The number of benzene rings is 2. The van der Waals surface area contributed by atoms with E-state index in [4.69, 9.17) is 20.4 Å². The average Bonchev–Trinajstić information content (AvgIpc) is 3.38. The zero-order valence-electron chi connectivity index (χ0n) is 18.0. The zero-order valence-corrected chi connectivity index (χ0v) is 18.8. The predicted molar refractivity (Wildman–Crippen MR) is 123 cm³/mol. The fraction of sp³-hybridized carbons (Fsp3) is 0.269. The van der Waals surface area contributed by atoms with E-state index in [0.29, 0.717) is 18.1 Å². The van der Waals surface area contributed by atoms with Gasteiger partial charge in [0, 0.05) is 22.5 Å². The van der Waals surface area contributed by atoms with Gasteiger partial charge in [0.15, 0.2) is 0 Å². The first kappa shape index (κ1) is 21.3. The quantitative estimate of drug-likeness (QED) is 0.336. The van der Waals surface area contributed by atoms with Crippen molar-refractivity contribution in [1.82, 2.24) is 4.90 Å². The summed E-state index contributed by atoms with van der Waals surface area (Å²) in [5.74, 6) is 0.754. The lowest BCUT2D eigenvalue weighted by Gasteiger charge is -2.22. The molecule has 0 aliphatic heterocycles. The average molecular weight is 436 g/mol. The molecule has 4 rings (SSSR count). The minimum Gasteiger partial charge on any atom is -0.467 e. The van der Waals surface area contributed by atoms with Crippen LogP contribution >= 0.6 is 11.6 Å². The van der Waals surface area contributed by atoms with Crippen LogP contribution in [0.2, 0.25) is 5.02 Å². The highest BCUT2D eigenvalue weighted by molar-refractivity contribution is 6.30. The number of amides is 1. The van der Waals surface area contributed by atoms with Crippen molar-refractivity contribution in [1.29, 1.82) is 0 Å². The third kappa shape index (κ3) is 5.02. The summed E-state index contributed by atoms with van der Waals surface area (Å²) < 4.78 is 11.2. The number of hydrogen-bond donors (Lipinski definition) is 0. The lowest BCUT2D eigenvalue weighted by Crippen LogP contribution is -2.31. The summed E-state index contributed by atoms with van der Waals surface area (Å²) in [7, 11) is 0. The molecule has 0 bridgehead atoms. The van der Waals surface area contributed by atoms with Crippen LogP contribution in [0, 0.1) is 0 Å². The molecule has 0 aliphatic rings. The summed E-state index contributed by atoms with van der Waals surface area (Å²) in [4.78, 5) is 15.2. The van der Waals surface area contributed by atoms with Gasteiger partial charge in [0.25, 0.3) is 0 Å². The number of hydrogen-bond acceptors (Lipinski definition) is 3. The molecule has 1 amide bonds. The van der Waals surface area contributed by atoms with Crippen molar-refractivity contribution in [3.63, 3.8) is 0 Å². The largest absolute Gasteiger partial charge is 0.467 e. The van der Waals surface area contributed by atoms with E-state index < -0.39 is 0 Å². The summed E-state index contributed by atoms with van der Waals surface area (Å²) in [6, 6.07) is 17.5. The topological polar surface area (TPSA) is 46.6 Å². The zero-order chi connectivity index (χ0) is 22.0. The number of nitrogens with zero attached hydrogens (tertiary/aromatic N) is 1. The molecule has 4 nitrogen and oxygen atoms in total. The molecule has 4 aromatic rings. The number of carbonyl (C=O) groups excluding carboxylic acids is 1. The molecule has 2 aromatic heterocycles. The van der Waals surface area contributed by atoms with Gasteiger partial charge in [0.05, 0.1) is 25.5 Å².